The molecular formula is C12H16N2O4. The third-order valence-electron chi connectivity index (χ3n) is 2.63. The fourth-order valence-electron chi connectivity index (χ4n) is 1.59. The average molecular weight is 252 g/mol. The fourth-order valence-corrected chi connectivity index (χ4v) is 1.59. The Morgan fingerprint density at radius 3 is 2.61 bits per heavy atom. The molecular weight excluding hydrogens is 236 g/mol. The normalized spacial score (nSPS) is 12.3. The number of carboxylic acids is 2. The zero-order valence-corrected chi connectivity index (χ0v) is 10.1. The monoisotopic (exact) mass is 252 g/mol. The molecule has 0 aromatic carbocycles. The second-order valence-corrected chi connectivity index (χ2v) is 4.00. The Bertz CT molecular complexity index is 408. The van der Waals surface area contributed by atoms with Crippen LogP contribution in [0.3, 0.4) is 0 Å². The maximum atomic E-state index is 11.0. The summed E-state index contributed by atoms with van der Waals surface area (Å²) in [6.45, 7) is 0.446. The van der Waals surface area contributed by atoms with E-state index in [1.54, 1.807) is 19.3 Å². The second kappa shape index (κ2) is 6.70. The summed E-state index contributed by atoms with van der Waals surface area (Å²) >= 11 is 0. The zero-order valence-electron chi connectivity index (χ0n) is 10.1. The number of carboxylic acid groups (broad SMARTS) is 2. The molecule has 1 unspecified atom stereocenters. The molecule has 2 N–H and O–H groups in total. The number of hydrogen-bond donors (Lipinski definition) is 2. The number of likely N-dealkylation sites (N-methyl/N-ethyl adjacent to an activating group) is 1. The molecule has 1 atom stereocenters. The van der Waals surface area contributed by atoms with Crippen LogP contribution in [0.4, 0.5) is 0 Å². The van der Waals surface area contributed by atoms with E-state index in [0.29, 0.717) is 13.0 Å². The van der Waals surface area contributed by atoms with Crippen molar-refractivity contribution >= 4 is 11.9 Å². The van der Waals surface area contributed by atoms with E-state index in [2.05, 4.69) is 4.98 Å². The first-order chi connectivity index (χ1) is 8.50. The van der Waals surface area contributed by atoms with Gasteiger partial charge >= 0.3 is 11.9 Å². The Labute approximate surface area is 105 Å². The lowest BCUT2D eigenvalue weighted by atomic mass is 10.1. The molecule has 0 saturated carbocycles. The second-order valence-electron chi connectivity index (χ2n) is 4.00. The van der Waals surface area contributed by atoms with Crippen LogP contribution < -0.4 is 0 Å². The van der Waals surface area contributed by atoms with Crippen molar-refractivity contribution in [2.24, 2.45) is 0 Å². The van der Waals surface area contributed by atoms with Crippen LogP contribution >= 0.6 is 0 Å². The molecule has 0 amide bonds. The molecule has 0 bridgehead atoms. The highest BCUT2D eigenvalue weighted by atomic mass is 16.4. The van der Waals surface area contributed by atoms with Gasteiger partial charge in [-0.25, -0.2) is 0 Å². The Morgan fingerprint density at radius 1 is 1.39 bits per heavy atom. The summed E-state index contributed by atoms with van der Waals surface area (Å²) in [5.41, 5.74) is 0.851. The van der Waals surface area contributed by atoms with Gasteiger partial charge in [-0.1, -0.05) is 6.07 Å². The summed E-state index contributed by atoms with van der Waals surface area (Å²) in [6.07, 6.45) is 1.84. The average Bonchev–Trinajstić information content (AvgIpc) is 2.34. The zero-order chi connectivity index (χ0) is 13.5. The van der Waals surface area contributed by atoms with Crippen molar-refractivity contribution in [3.8, 4) is 0 Å². The van der Waals surface area contributed by atoms with Crippen LogP contribution in [-0.2, 0) is 16.0 Å². The van der Waals surface area contributed by atoms with Crippen molar-refractivity contribution in [2.45, 2.75) is 18.9 Å². The van der Waals surface area contributed by atoms with Crippen molar-refractivity contribution < 1.29 is 19.8 Å². The van der Waals surface area contributed by atoms with Gasteiger partial charge in [0.2, 0.25) is 0 Å². The SMILES string of the molecule is CN(CCc1ccccn1)C(CC(=O)O)C(=O)O. The minimum atomic E-state index is -1.12. The summed E-state index contributed by atoms with van der Waals surface area (Å²) in [7, 11) is 1.60. The van der Waals surface area contributed by atoms with Crippen LogP contribution in [-0.4, -0.2) is 51.7 Å². The van der Waals surface area contributed by atoms with Gasteiger partial charge in [0.1, 0.15) is 6.04 Å². The first-order valence-corrected chi connectivity index (χ1v) is 5.55. The molecule has 0 radical (unpaired) electrons. The molecule has 6 nitrogen and oxygen atoms in total. The molecule has 0 aliphatic heterocycles. The highest BCUT2D eigenvalue weighted by molar-refractivity contribution is 5.80. The molecule has 0 saturated heterocycles. The van der Waals surface area contributed by atoms with Gasteiger partial charge in [-0.2, -0.15) is 0 Å². The molecule has 1 heterocycles. The number of aromatic nitrogens is 1. The Morgan fingerprint density at radius 2 is 2.11 bits per heavy atom. The molecule has 6 heteroatoms. The number of rotatable bonds is 7. The maximum Gasteiger partial charge on any atom is 0.321 e. The summed E-state index contributed by atoms with van der Waals surface area (Å²) < 4.78 is 0. The van der Waals surface area contributed by atoms with E-state index < -0.39 is 24.4 Å². The highest BCUT2D eigenvalue weighted by Crippen LogP contribution is 2.05. The van der Waals surface area contributed by atoms with Crippen LogP contribution in [0.25, 0.3) is 0 Å². The Balaban J connectivity index is 2.54. The molecule has 0 aliphatic carbocycles. The lowest BCUT2D eigenvalue weighted by Gasteiger charge is -2.22. The van der Waals surface area contributed by atoms with E-state index in [-0.39, 0.29) is 0 Å². The molecule has 98 valence electrons. The molecule has 0 spiro atoms. The standard InChI is InChI=1S/C12H16N2O4/c1-14(10(12(17)18)8-11(15)16)7-5-9-4-2-3-6-13-9/h2-4,6,10H,5,7-8H2,1H3,(H,15,16)(H,17,18). The Kier molecular flexibility index (Phi) is 5.26. The summed E-state index contributed by atoms with van der Waals surface area (Å²) in [5, 5.41) is 17.6. The van der Waals surface area contributed by atoms with E-state index in [1.165, 1.54) is 4.90 Å². The third-order valence-corrected chi connectivity index (χ3v) is 2.63. The van der Waals surface area contributed by atoms with Gasteiger partial charge in [-0.15, -0.1) is 0 Å². The van der Waals surface area contributed by atoms with Crippen molar-refractivity contribution in [2.75, 3.05) is 13.6 Å². The largest absolute Gasteiger partial charge is 0.481 e. The molecule has 1 aromatic rings. The van der Waals surface area contributed by atoms with Crippen molar-refractivity contribution in [3.05, 3.63) is 30.1 Å². The van der Waals surface area contributed by atoms with E-state index >= 15 is 0 Å². The number of nitrogens with zero attached hydrogens (tertiary/aromatic N) is 2. The van der Waals surface area contributed by atoms with E-state index in [4.69, 9.17) is 10.2 Å². The summed E-state index contributed by atoms with van der Waals surface area (Å²) in [6, 6.07) is 4.50. The van der Waals surface area contributed by atoms with Crippen LogP contribution in [0, 0.1) is 0 Å². The van der Waals surface area contributed by atoms with Crippen molar-refractivity contribution in [1.82, 2.24) is 9.88 Å². The summed E-state index contributed by atoms with van der Waals surface area (Å²) in [5.74, 6) is -2.24. The number of hydrogen-bond acceptors (Lipinski definition) is 4. The summed E-state index contributed by atoms with van der Waals surface area (Å²) in [4.78, 5) is 27.2. The van der Waals surface area contributed by atoms with E-state index in [9.17, 15) is 9.59 Å². The smallest absolute Gasteiger partial charge is 0.321 e. The Hall–Kier alpha value is -1.95. The van der Waals surface area contributed by atoms with Crippen LogP contribution in [0.5, 0.6) is 0 Å². The van der Waals surface area contributed by atoms with Crippen LogP contribution in [0.1, 0.15) is 12.1 Å². The molecule has 18 heavy (non-hydrogen) atoms. The first kappa shape index (κ1) is 14.1. The maximum absolute atomic E-state index is 11.0. The lowest BCUT2D eigenvalue weighted by Crippen LogP contribution is -2.41. The fraction of sp³-hybridized carbons (Fsp3) is 0.417. The number of aliphatic carboxylic acids is 2. The molecule has 1 rings (SSSR count). The number of pyridine rings is 1. The van der Waals surface area contributed by atoms with Crippen LogP contribution in [0.15, 0.2) is 24.4 Å². The topological polar surface area (TPSA) is 90.7 Å². The van der Waals surface area contributed by atoms with Gasteiger partial charge < -0.3 is 10.2 Å². The highest BCUT2D eigenvalue weighted by Gasteiger charge is 2.25. The molecule has 1 aromatic heterocycles. The van der Waals surface area contributed by atoms with Crippen LogP contribution in [0.2, 0.25) is 0 Å². The predicted octanol–water partition coefficient (Wildman–Crippen LogP) is 0.484. The first-order valence-electron chi connectivity index (χ1n) is 5.55. The van der Waals surface area contributed by atoms with Gasteiger partial charge in [0.15, 0.2) is 0 Å². The van der Waals surface area contributed by atoms with Gasteiger partial charge in [-0.05, 0) is 19.2 Å². The lowest BCUT2D eigenvalue weighted by molar-refractivity contribution is -0.149. The van der Waals surface area contributed by atoms with Crippen molar-refractivity contribution in [3.63, 3.8) is 0 Å². The quantitative estimate of drug-likeness (QED) is 0.733. The molecule has 0 fully saturated rings. The minimum absolute atomic E-state index is 0.409. The van der Waals surface area contributed by atoms with Gasteiger partial charge in [0, 0.05) is 24.9 Å². The third kappa shape index (κ3) is 4.50. The van der Waals surface area contributed by atoms with E-state index in [1.807, 2.05) is 12.1 Å². The van der Waals surface area contributed by atoms with E-state index in [0.717, 1.165) is 5.69 Å². The van der Waals surface area contributed by atoms with Crippen molar-refractivity contribution in [1.29, 1.82) is 0 Å². The predicted molar refractivity (Wildman–Crippen MR) is 64.2 cm³/mol. The van der Waals surface area contributed by atoms with Gasteiger partial charge in [-0.3, -0.25) is 19.5 Å². The number of carbonyl (C=O) groups is 2. The van der Waals surface area contributed by atoms with Gasteiger partial charge in [0.25, 0.3) is 0 Å². The molecule has 0 aliphatic rings. The van der Waals surface area contributed by atoms with Gasteiger partial charge in [0.05, 0.1) is 6.42 Å². The minimum Gasteiger partial charge on any atom is -0.481 e.